The molecule has 0 radical (unpaired) electrons. The zero-order valence-corrected chi connectivity index (χ0v) is 18.6. The summed E-state index contributed by atoms with van der Waals surface area (Å²) in [6, 6.07) is 25.0. The molecule has 0 saturated carbocycles. The second-order valence-corrected chi connectivity index (χ2v) is 8.84. The first-order valence-corrected chi connectivity index (χ1v) is 11.4. The van der Waals surface area contributed by atoms with Gasteiger partial charge >= 0.3 is 0 Å². The van der Waals surface area contributed by atoms with Crippen LogP contribution in [-0.2, 0) is 6.42 Å². The van der Waals surface area contributed by atoms with Crippen LogP contribution in [0.25, 0.3) is 32.6 Å². The molecule has 0 fully saturated rings. The number of aromatic nitrogens is 4. The van der Waals surface area contributed by atoms with Crippen LogP contribution in [0.1, 0.15) is 11.3 Å². The van der Waals surface area contributed by atoms with Crippen LogP contribution in [0.15, 0.2) is 72.8 Å². The van der Waals surface area contributed by atoms with Crippen molar-refractivity contribution in [2.75, 3.05) is 11.9 Å². The Morgan fingerprint density at radius 3 is 2.66 bits per heavy atom. The van der Waals surface area contributed by atoms with Crippen LogP contribution < -0.4 is 11.1 Å². The van der Waals surface area contributed by atoms with E-state index < -0.39 is 0 Å². The second-order valence-electron chi connectivity index (χ2n) is 7.86. The molecule has 5 aromatic rings. The van der Waals surface area contributed by atoms with Crippen molar-refractivity contribution in [2.45, 2.75) is 19.4 Å². The van der Waals surface area contributed by atoms with Gasteiger partial charge in [0.25, 0.3) is 0 Å². The quantitative estimate of drug-likeness (QED) is 0.330. The van der Waals surface area contributed by atoms with Gasteiger partial charge in [0.2, 0.25) is 5.13 Å². The second kappa shape index (κ2) is 8.90. The molecule has 0 aliphatic heterocycles. The van der Waals surface area contributed by atoms with Crippen LogP contribution in [-0.4, -0.2) is 33.0 Å². The van der Waals surface area contributed by atoms with Crippen LogP contribution in [0.4, 0.5) is 5.13 Å². The van der Waals surface area contributed by atoms with E-state index in [-0.39, 0.29) is 6.04 Å². The summed E-state index contributed by atoms with van der Waals surface area (Å²) >= 11 is 1.53. The van der Waals surface area contributed by atoms with E-state index in [0.29, 0.717) is 6.54 Å². The lowest BCUT2D eigenvalue weighted by atomic mass is 9.95. The molecule has 32 heavy (non-hydrogen) atoms. The van der Waals surface area contributed by atoms with Gasteiger partial charge in [0.15, 0.2) is 0 Å². The van der Waals surface area contributed by atoms with Crippen LogP contribution in [0.5, 0.6) is 0 Å². The molecule has 0 amide bonds. The predicted molar refractivity (Wildman–Crippen MR) is 132 cm³/mol. The number of benzene rings is 3. The lowest BCUT2D eigenvalue weighted by Crippen LogP contribution is -2.31. The zero-order chi connectivity index (χ0) is 21.9. The van der Waals surface area contributed by atoms with Crippen molar-refractivity contribution in [3.63, 3.8) is 0 Å². The highest BCUT2D eigenvalue weighted by molar-refractivity contribution is 7.18. The van der Waals surface area contributed by atoms with Crippen LogP contribution in [0, 0.1) is 6.92 Å². The standard InChI is InChI=1S/C25H24N6S/c1-16-22-14-19(11-12-23(22)29-28-16)24-30-31-25(32-24)27-15-20(26)13-18-9-5-6-10-21(18)17-7-3-2-4-8-17/h2-12,14,20H,13,15,26H2,1H3,(H,27,31)(H,28,29). The van der Waals surface area contributed by atoms with Crippen molar-refractivity contribution in [3.8, 4) is 21.7 Å². The summed E-state index contributed by atoms with van der Waals surface area (Å²) in [4.78, 5) is 0. The van der Waals surface area contributed by atoms with Gasteiger partial charge in [-0.25, -0.2) is 0 Å². The van der Waals surface area contributed by atoms with Gasteiger partial charge in [-0.15, -0.1) is 10.2 Å². The monoisotopic (exact) mass is 440 g/mol. The van der Waals surface area contributed by atoms with Crippen molar-refractivity contribution in [3.05, 3.63) is 84.1 Å². The molecule has 6 nitrogen and oxygen atoms in total. The number of aryl methyl sites for hydroxylation is 1. The van der Waals surface area contributed by atoms with Gasteiger partial charge in [-0.3, -0.25) is 5.10 Å². The molecule has 0 aliphatic carbocycles. The van der Waals surface area contributed by atoms with E-state index in [9.17, 15) is 0 Å². The minimum atomic E-state index is -0.0443. The van der Waals surface area contributed by atoms with Crippen molar-refractivity contribution in [1.82, 2.24) is 20.4 Å². The Hall–Kier alpha value is -3.55. The maximum atomic E-state index is 6.47. The lowest BCUT2D eigenvalue weighted by Gasteiger charge is -2.15. The highest BCUT2D eigenvalue weighted by Crippen LogP contribution is 2.29. The Morgan fingerprint density at radius 1 is 0.969 bits per heavy atom. The summed E-state index contributed by atoms with van der Waals surface area (Å²) in [5, 5.41) is 22.1. The first-order chi connectivity index (χ1) is 15.7. The van der Waals surface area contributed by atoms with E-state index in [1.165, 1.54) is 28.0 Å². The average molecular weight is 441 g/mol. The topological polar surface area (TPSA) is 92.5 Å². The molecule has 1 unspecified atom stereocenters. The highest BCUT2D eigenvalue weighted by Gasteiger charge is 2.12. The lowest BCUT2D eigenvalue weighted by molar-refractivity contribution is 0.699. The molecule has 0 saturated heterocycles. The molecule has 0 aliphatic rings. The molecule has 2 heterocycles. The summed E-state index contributed by atoms with van der Waals surface area (Å²) in [6.45, 7) is 2.64. The van der Waals surface area contributed by atoms with Gasteiger partial charge in [-0.2, -0.15) is 5.10 Å². The maximum absolute atomic E-state index is 6.47. The van der Waals surface area contributed by atoms with E-state index in [2.05, 4.69) is 80.3 Å². The molecule has 7 heteroatoms. The molecule has 1 atom stereocenters. The molecule has 0 bridgehead atoms. The van der Waals surface area contributed by atoms with E-state index in [4.69, 9.17) is 5.73 Å². The summed E-state index contributed by atoms with van der Waals surface area (Å²) in [5.74, 6) is 0. The fourth-order valence-corrected chi connectivity index (χ4v) is 4.60. The minimum absolute atomic E-state index is 0.0443. The van der Waals surface area contributed by atoms with Gasteiger partial charge < -0.3 is 11.1 Å². The number of aromatic amines is 1. The van der Waals surface area contributed by atoms with Crippen molar-refractivity contribution in [2.24, 2.45) is 5.73 Å². The molecule has 5 rings (SSSR count). The summed E-state index contributed by atoms with van der Waals surface area (Å²) in [7, 11) is 0. The number of hydrogen-bond donors (Lipinski definition) is 3. The SMILES string of the molecule is Cc1[nH]nc2ccc(-c3nnc(NCC(N)Cc4ccccc4-c4ccccc4)s3)cc12. The first-order valence-electron chi connectivity index (χ1n) is 10.6. The van der Waals surface area contributed by atoms with Crippen molar-refractivity contribution >= 4 is 27.4 Å². The van der Waals surface area contributed by atoms with Gasteiger partial charge in [0.1, 0.15) is 5.01 Å². The number of nitrogens with zero attached hydrogens (tertiary/aromatic N) is 3. The largest absolute Gasteiger partial charge is 0.359 e. The van der Waals surface area contributed by atoms with Gasteiger partial charge in [0.05, 0.1) is 5.52 Å². The van der Waals surface area contributed by atoms with Crippen molar-refractivity contribution < 1.29 is 0 Å². The number of fused-ring (bicyclic) bond motifs is 1. The molecule has 4 N–H and O–H groups in total. The highest BCUT2D eigenvalue weighted by atomic mass is 32.1. The number of nitrogens with one attached hydrogen (secondary N) is 2. The Morgan fingerprint density at radius 2 is 1.78 bits per heavy atom. The van der Waals surface area contributed by atoms with E-state index in [1.807, 2.05) is 25.1 Å². The Balaban J connectivity index is 1.25. The van der Waals surface area contributed by atoms with E-state index >= 15 is 0 Å². The Labute approximate surface area is 190 Å². The van der Waals surface area contributed by atoms with Crippen LogP contribution in [0.3, 0.4) is 0 Å². The smallest absolute Gasteiger partial charge is 0.206 e. The van der Waals surface area contributed by atoms with E-state index in [0.717, 1.165) is 38.7 Å². The van der Waals surface area contributed by atoms with Crippen LogP contribution >= 0.6 is 11.3 Å². The van der Waals surface area contributed by atoms with Gasteiger partial charge in [-0.1, -0.05) is 65.9 Å². The zero-order valence-electron chi connectivity index (χ0n) is 17.7. The Bertz CT molecular complexity index is 1340. The fraction of sp³-hybridized carbons (Fsp3) is 0.160. The van der Waals surface area contributed by atoms with Gasteiger partial charge in [0, 0.05) is 29.2 Å². The summed E-state index contributed by atoms with van der Waals surface area (Å²) < 4.78 is 0. The fourth-order valence-electron chi connectivity index (χ4n) is 3.85. The summed E-state index contributed by atoms with van der Waals surface area (Å²) in [6.07, 6.45) is 0.778. The third-order valence-corrected chi connectivity index (χ3v) is 6.45. The van der Waals surface area contributed by atoms with Gasteiger partial charge in [-0.05, 0) is 48.2 Å². The molecule has 3 aromatic carbocycles. The molecular formula is C25H24N6S. The minimum Gasteiger partial charge on any atom is -0.359 e. The molecule has 2 aromatic heterocycles. The Kier molecular flexibility index (Phi) is 5.66. The first kappa shape index (κ1) is 20.4. The maximum Gasteiger partial charge on any atom is 0.206 e. The number of hydrogen-bond acceptors (Lipinski definition) is 6. The third-order valence-electron chi connectivity index (χ3n) is 5.52. The average Bonchev–Trinajstić information content (AvgIpc) is 3.45. The predicted octanol–water partition coefficient (Wildman–Crippen LogP) is 5.04. The molecule has 0 spiro atoms. The van der Waals surface area contributed by atoms with Crippen LogP contribution in [0.2, 0.25) is 0 Å². The number of H-pyrrole nitrogens is 1. The number of anilines is 1. The van der Waals surface area contributed by atoms with Crippen molar-refractivity contribution in [1.29, 1.82) is 0 Å². The normalized spacial score (nSPS) is 12.2. The molecular weight excluding hydrogens is 416 g/mol. The molecule has 160 valence electrons. The third kappa shape index (κ3) is 4.26. The number of nitrogens with two attached hydrogens (primary N) is 1. The summed E-state index contributed by atoms with van der Waals surface area (Å²) in [5.41, 5.74) is 13.2. The number of rotatable bonds is 7. The van der Waals surface area contributed by atoms with E-state index in [1.54, 1.807) is 0 Å².